The number of rotatable bonds is 4. The van der Waals surface area contributed by atoms with Crippen LogP contribution in [0.3, 0.4) is 0 Å². The summed E-state index contributed by atoms with van der Waals surface area (Å²) in [4.78, 5) is 13.2. The second-order valence-corrected chi connectivity index (χ2v) is 7.41. The Hall–Kier alpha value is -0.700. The van der Waals surface area contributed by atoms with Gasteiger partial charge in [-0.05, 0) is 26.2 Å². The average molecular weight is 277 g/mol. The first-order valence-corrected chi connectivity index (χ1v) is 7.61. The molecule has 4 N–H and O–H groups in total. The van der Waals surface area contributed by atoms with Gasteiger partial charge in [-0.15, -0.1) is 0 Å². The van der Waals surface area contributed by atoms with Gasteiger partial charge in [-0.3, -0.25) is 4.79 Å². The van der Waals surface area contributed by atoms with E-state index in [0.717, 1.165) is 19.3 Å². The normalized spacial score (nSPS) is 18.9. The fourth-order valence-corrected chi connectivity index (χ4v) is 4.24. The van der Waals surface area contributed by atoms with Crippen molar-refractivity contribution in [3.05, 3.63) is 15.4 Å². The molecule has 1 fully saturated rings. The van der Waals surface area contributed by atoms with E-state index in [1.54, 1.807) is 6.92 Å². The molecule has 0 aromatic carbocycles. The Bertz CT molecular complexity index is 569. The standard InChI is InChI=1S/C9H15N3O3S2/c1-6-7(16-8(13)12-6)17(14,15)11-5-9(10)3-2-4-9/h11H,2-5,10H2,1H3,(H,12,13). The fourth-order valence-electron chi connectivity index (χ4n) is 1.76. The Balaban J connectivity index is 2.14. The highest BCUT2D eigenvalue weighted by atomic mass is 32.2. The van der Waals surface area contributed by atoms with E-state index >= 15 is 0 Å². The lowest BCUT2D eigenvalue weighted by Gasteiger charge is -2.37. The van der Waals surface area contributed by atoms with E-state index in [2.05, 4.69) is 9.71 Å². The van der Waals surface area contributed by atoms with Crippen LogP contribution in [0.1, 0.15) is 25.0 Å². The molecule has 0 atom stereocenters. The van der Waals surface area contributed by atoms with Gasteiger partial charge in [0.25, 0.3) is 10.0 Å². The third kappa shape index (κ3) is 2.59. The van der Waals surface area contributed by atoms with Crippen LogP contribution >= 0.6 is 11.3 Å². The van der Waals surface area contributed by atoms with Crippen molar-refractivity contribution in [2.75, 3.05) is 6.54 Å². The Kier molecular flexibility index (Phi) is 3.15. The highest BCUT2D eigenvalue weighted by Crippen LogP contribution is 2.28. The Morgan fingerprint density at radius 3 is 2.59 bits per heavy atom. The molecule has 0 radical (unpaired) electrons. The molecule has 2 rings (SSSR count). The van der Waals surface area contributed by atoms with Crippen molar-refractivity contribution in [3.63, 3.8) is 0 Å². The van der Waals surface area contributed by atoms with Crippen LogP contribution in [-0.2, 0) is 10.0 Å². The molecule has 0 amide bonds. The fraction of sp³-hybridized carbons (Fsp3) is 0.667. The zero-order chi connectivity index (χ0) is 12.7. The summed E-state index contributed by atoms with van der Waals surface area (Å²) in [5, 5.41) is 0. The summed E-state index contributed by atoms with van der Waals surface area (Å²) in [7, 11) is -3.62. The SMILES string of the molecule is Cc1[nH]c(=O)sc1S(=O)(=O)NCC1(N)CCC1. The van der Waals surface area contributed by atoms with Crippen molar-refractivity contribution < 1.29 is 8.42 Å². The van der Waals surface area contributed by atoms with Gasteiger partial charge < -0.3 is 10.7 Å². The zero-order valence-corrected chi connectivity index (χ0v) is 11.1. The number of thiazole rings is 1. The second-order valence-electron chi connectivity index (χ2n) is 4.47. The Morgan fingerprint density at radius 1 is 1.53 bits per heavy atom. The maximum Gasteiger partial charge on any atom is 0.305 e. The summed E-state index contributed by atoms with van der Waals surface area (Å²) < 4.78 is 26.4. The first-order valence-electron chi connectivity index (χ1n) is 5.31. The van der Waals surface area contributed by atoms with Gasteiger partial charge in [0.15, 0.2) is 4.21 Å². The molecular weight excluding hydrogens is 262 g/mol. The summed E-state index contributed by atoms with van der Waals surface area (Å²) in [5.41, 5.74) is 5.89. The molecule has 0 bridgehead atoms. The molecule has 0 aliphatic heterocycles. The monoisotopic (exact) mass is 277 g/mol. The minimum Gasteiger partial charge on any atom is -0.324 e. The lowest BCUT2D eigenvalue weighted by atomic mass is 9.78. The van der Waals surface area contributed by atoms with E-state index in [-0.39, 0.29) is 15.6 Å². The summed E-state index contributed by atoms with van der Waals surface area (Å²) >= 11 is 0.695. The minimum absolute atomic E-state index is 0.0467. The zero-order valence-electron chi connectivity index (χ0n) is 9.45. The van der Waals surface area contributed by atoms with Crippen molar-refractivity contribution >= 4 is 21.4 Å². The molecule has 0 unspecified atom stereocenters. The average Bonchev–Trinajstić information content (AvgIpc) is 2.53. The van der Waals surface area contributed by atoms with E-state index in [4.69, 9.17) is 5.73 Å². The van der Waals surface area contributed by atoms with Crippen molar-refractivity contribution in [1.29, 1.82) is 0 Å². The molecule has 0 spiro atoms. The van der Waals surface area contributed by atoms with Crippen molar-refractivity contribution in [2.24, 2.45) is 5.73 Å². The number of nitrogens with two attached hydrogens (primary N) is 1. The first-order chi connectivity index (χ1) is 7.82. The van der Waals surface area contributed by atoms with E-state index in [1.165, 1.54) is 0 Å². The summed E-state index contributed by atoms with van der Waals surface area (Å²) in [6.45, 7) is 1.79. The molecular formula is C9H15N3O3S2. The molecule has 0 saturated heterocycles. The number of hydrogen-bond acceptors (Lipinski definition) is 5. The maximum absolute atomic E-state index is 11.9. The molecule has 1 aliphatic rings. The van der Waals surface area contributed by atoms with Crippen LogP contribution in [0, 0.1) is 6.92 Å². The van der Waals surface area contributed by atoms with E-state index in [0.29, 0.717) is 17.0 Å². The van der Waals surface area contributed by atoms with Crippen LogP contribution in [0.4, 0.5) is 0 Å². The van der Waals surface area contributed by atoms with Crippen LogP contribution in [0.2, 0.25) is 0 Å². The number of aromatic amines is 1. The van der Waals surface area contributed by atoms with E-state index in [9.17, 15) is 13.2 Å². The molecule has 1 heterocycles. The molecule has 1 aromatic heterocycles. The number of hydrogen-bond donors (Lipinski definition) is 3. The molecule has 6 nitrogen and oxygen atoms in total. The van der Waals surface area contributed by atoms with Crippen molar-refractivity contribution in [3.8, 4) is 0 Å². The van der Waals surface area contributed by atoms with Gasteiger partial charge >= 0.3 is 4.87 Å². The number of aromatic nitrogens is 1. The van der Waals surface area contributed by atoms with Gasteiger partial charge in [0.05, 0.1) is 0 Å². The van der Waals surface area contributed by atoms with Gasteiger partial charge in [0.2, 0.25) is 0 Å². The van der Waals surface area contributed by atoms with Gasteiger partial charge in [0, 0.05) is 17.8 Å². The van der Waals surface area contributed by atoms with Crippen LogP contribution in [0.25, 0.3) is 0 Å². The molecule has 17 heavy (non-hydrogen) atoms. The van der Waals surface area contributed by atoms with Gasteiger partial charge in [-0.25, -0.2) is 13.1 Å². The Labute approximate surface area is 103 Å². The predicted octanol–water partition coefficient (Wildman–Crippen LogP) is -0.0955. The maximum atomic E-state index is 11.9. The number of sulfonamides is 1. The molecule has 1 saturated carbocycles. The lowest BCUT2D eigenvalue weighted by molar-refractivity contribution is 0.251. The molecule has 1 aromatic rings. The third-order valence-electron chi connectivity index (χ3n) is 2.99. The number of nitrogens with one attached hydrogen (secondary N) is 2. The van der Waals surface area contributed by atoms with Crippen LogP contribution < -0.4 is 15.3 Å². The van der Waals surface area contributed by atoms with Crippen molar-refractivity contribution in [1.82, 2.24) is 9.71 Å². The van der Waals surface area contributed by atoms with Crippen LogP contribution in [-0.4, -0.2) is 25.5 Å². The number of H-pyrrole nitrogens is 1. The summed E-state index contributed by atoms with van der Waals surface area (Å²) in [5.74, 6) is 0. The highest BCUT2D eigenvalue weighted by Gasteiger charge is 2.34. The summed E-state index contributed by atoms with van der Waals surface area (Å²) in [6, 6.07) is 0. The van der Waals surface area contributed by atoms with Gasteiger partial charge in [-0.2, -0.15) is 0 Å². The topological polar surface area (TPSA) is 105 Å². The first kappa shape index (κ1) is 12.7. The largest absolute Gasteiger partial charge is 0.324 e. The highest BCUT2D eigenvalue weighted by molar-refractivity contribution is 7.91. The molecule has 8 heteroatoms. The van der Waals surface area contributed by atoms with Gasteiger partial charge in [0.1, 0.15) is 0 Å². The van der Waals surface area contributed by atoms with Crippen molar-refractivity contribution in [2.45, 2.75) is 35.9 Å². The summed E-state index contributed by atoms with van der Waals surface area (Å²) in [6.07, 6.45) is 2.70. The van der Waals surface area contributed by atoms with E-state index < -0.39 is 15.6 Å². The predicted molar refractivity (Wildman–Crippen MR) is 65.6 cm³/mol. The second kappa shape index (κ2) is 4.20. The molecule has 1 aliphatic carbocycles. The smallest absolute Gasteiger partial charge is 0.305 e. The van der Waals surface area contributed by atoms with Gasteiger partial charge in [-0.1, -0.05) is 11.3 Å². The van der Waals surface area contributed by atoms with E-state index in [1.807, 2.05) is 0 Å². The minimum atomic E-state index is -3.62. The lowest BCUT2D eigenvalue weighted by Crippen LogP contribution is -2.54. The quantitative estimate of drug-likeness (QED) is 0.715. The van der Waals surface area contributed by atoms with Crippen LogP contribution in [0.5, 0.6) is 0 Å². The van der Waals surface area contributed by atoms with Crippen LogP contribution in [0.15, 0.2) is 9.00 Å². The number of aryl methyl sites for hydroxylation is 1. The molecule has 96 valence electrons. The Morgan fingerprint density at radius 2 is 2.18 bits per heavy atom. The third-order valence-corrected chi connectivity index (χ3v) is 5.99.